The Labute approximate surface area is 161 Å². The predicted octanol–water partition coefficient (Wildman–Crippen LogP) is 3.88. The molecule has 1 unspecified atom stereocenters. The van der Waals surface area contributed by atoms with Gasteiger partial charge < -0.3 is 15.0 Å². The minimum absolute atomic E-state index is 0.159. The summed E-state index contributed by atoms with van der Waals surface area (Å²) >= 11 is 0. The smallest absolute Gasteiger partial charge is 0.416 e. The van der Waals surface area contributed by atoms with Crippen molar-refractivity contribution in [2.75, 3.05) is 24.3 Å². The average molecular weight is 394 g/mol. The SMILES string of the molecule is CC(OC(=O)Cc1cccc(C(F)(F)F)c1)C(=O)Nc1ccc(N(C)C)cc1. The van der Waals surface area contributed by atoms with Crippen LogP contribution in [0.4, 0.5) is 24.5 Å². The summed E-state index contributed by atoms with van der Waals surface area (Å²) in [5.74, 6) is -1.32. The fourth-order valence-corrected chi connectivity index (χ4v) is 2.40. The molecule has 2 rings (SSSR count). The number of halogens is 3. The van der Waals surface area contributed by atoms with E-state index >= 15 is 0 Å². The normalized spacial score (nSPS) is 12.2. The first kappa shape index (κ1) is 21.3. The first-order valence-electron chi connectivity index (χ1n) is 8.50. The van der Waals surface area contributed by atoms with E-state index in [2.05, 4.69) is 5.32 Å². The van der Waals surface area contributed by atoms with Gasteiger partial charge in [-0.2, -0.15) is 13.2 Å². The lowest BCUT2D eigenvalue weighted by Crippen LogP contribution is -2.30. The van der Waals surface area contributed by atoms with Crippen LogP contribution in [0.1, 0.15) is 18.1 Å². The summed E-state index contributed by atoms with van der Waals surface area (Å²) < 4.78 is 43.2. The molecule has 0 heterocycles. The molecule has 5 nitrogen and oxygen atoms in total. The van der Waals surface area contributed by atoms with E-state index in [0.717, 1.165) is 17.8 Å². The number of nitrogens with one attached hydrogen (secondary N) is 1. The maximum Gasteiger partial charge on any atom is 0.416 e. The molecule has 0 saturated heterocycles. The number of hydrogen-bond donors (Lipinski definition) is 1. The van der Waals surface area contributed by atoms with Crippen LogP contribution in [0.5, 0.6) is 0 Å². The van der Waals surface area contributed by atoms with Gasteiger partial charge in [-0.3, -0.25) is 9.59 Å². The number of rotatable bonds is 6. The van der Waals surface area contributed by atoms with Gasteiger partial charge in [-0.25, -0.2) is 0 Å². The van der Waals surface area contributed by atoms with Crippen LogP contribution >= 0.6 is 0 Å². The molecule has 0 aliphatic carbocycles. The van der Waals surface area contributed by atoms with Gasteiger partial charge in [-0.1, -0.05) is 18.2 Å². The number of hydrogen-bond acceptors (Lipinski definition) is 4. The van der Waals surface area contributed by atoms with Crippen LogP contribution in [-0.2, 0) is 26.9 Å². The van der Waals surface area contributed by atoms with Crippen molar-refractivity contribution in [1.82, 2.24) is 0 Å². The molecule has 0 fully saturated rings. The van der Waals surface area contributed by atoms with E-state index in [1.807, 2.05) is 31.1 Å². The second kappa shape index (κ2) is 8.77. The second-order valence-electron chi connectivity index (χ2n) is 6.44. The van der Waals surface area contributed by atoms with E-state index in [4.69, 9.17) is 4.74 Å². The molecule has 0 spiro atoms. The summed E-state index contributed by atoms with van der Waals surface area (Å²) in [7, 11) is 3.78. The molecule has 0 radical (unpaired) electrons. The van der Waals surface area contributed by atoms with Crippen LogP contribution in [0, 0.1) is 0 Å². The zero-order chi connectivity index (χ0) is 20.9. The monoisotopic (exact) mass is 394 g/mol. The number of ether oxygens (including phenoxy) is 1. The highest BCUT2D eigenvalue weighted by Gasteiger charge is 2.30. The fraction of sp³-hybridized carbons (Fsp3) is 0.300. The second-order valence-corrected chi connectivity index (χ2v) is 6.44. The van der Waals surface area contributed by atoms with E-state index in [1.54, 1.807) is 12.1 Å². The number of esters is 1. The minimum Gasteiger partial charge on any atom is -0.452 e. The maximum atomic E-state index is 12.7. The van der Waals surface area contributed by atoms with Gasteiger partial charge in [-0.05, 0) is 42.8 Å². The lowest BCUT2D eigenvalue weighted by molar-refractivity contribution is -0.152. The van der Waals surface area contributed by atoms with Gasteiger partial charge in [0.2, 0.25) is 0 Å². The van der Waals surface area contributed by atoms with Crippen LogP contribution in [-0.4, -0.2) is 32.1 Å². The highest BCUT2D eigenvalue weighted by atomic mass is 19.4. The Morgan fingerprint density at radius 3 is 2.32 bits per heavy atom. The van der Waals surface area contributed by atoms with Crippen molar-refractivity contribution >= 4 is 23.3 Å². The maximum absolute atomic E-state index is 12.7. The van der Waals surface area contributed by atoms with Gasteiger partial charge >= 0.3 is 12.1 Å². The van der Waals surface area contributed by atoms with Crippen molar-refractivity contribution in [2.45, 2.75) is 25.6 Å². The zero-order valence-corrected chi connectivity index (χ0v) is 15.7. The van der Waals surface area contributed by atoms with Crippen LogP contribution in [0.15, 0.2) is 48.5 Å². The van der Waals surface area contributed by atoms with Gasteiger partial charge in [0.15, 0.2) is 6.10 Å². The minimum atomic E-state index is -4.49. The molecule has 0 aliphatic rings. The lowest BCUT2D eigenvalue weighted by Gasteiger charge is -2.15. The van der Waals surface area contributed by atoms with Crippen molar-refractivity contribution in [2.24, 2.45) is 0 Å². The number of benzene rings is 2. The van der Waals surface area contributed by atoms with Gasteiger partial charge in [0.1, 0.15) is 0 Å². The van der Waals surface area contributed by atoms with E-state index in [0.29, 0.717) is 5.69 Å². The molecule has 1 atom stereocenters. The van der Waals surface area contributed by atoms with E-state index < -0.39 is 29.7 Å². The Hall–Kier alpha value is -3.03. The summed E-state index contributed by atoms with van der Waals surface area (Å²) in [6, 6.07) is 11.5. The molecule has 1 N–H and O–H groups in total. The summed E-state index contributed by atoms with van der Waals surface area (Å²) in [5, 5.41) is 2.62. The third kappa shape index (κ3) is 6.00. The molecule has 0 saturated carbocycles. The first-order chi connectivity index (χ1) is 13.1. The Morgan fingerprint density at radius 1 is 1.11 bits per heavy atom. The molecule has 8 heteroatoms. The van der Waals surface area contributed by atoms with Gasteiger partial charge in [0, 0.05) is 25.5 Å². The van der Waals surface area contributed by atoms with Crippen LogP contribution in [0.3, 0.4) is 0 Å². The molecule has 28 heavy (non-hydrogen) atoms. The Bertz CT molecular complexity index is 833. The summed E-state index contributed by atoms with van der Waals surface area (Å²) in [6.45, 7) is 1.40. The van der Waals surface area contributed by atoms with E-state index in [1.165, 1.54) is 19.1 Å². The van der Waals surface area contributed by atoms with Crippen LogP contribution in [0.2, 0.25) is 0 Å². The molecule has 2 aromatic rings. The molecule has 2 aromatic carbocycles. The fourth-order valence-electron chi connectivity index (χ4n) is 2.40. The number of anilines is 2. The predicted molar refractivity (Wildman–Crippen MR) is 100 cm³/mol. The molecule has 0 aromatic heterocycles. The van der Waals surface area contributed by atoms with Gasteiger partial charge in [0.25, 0.3) is 5.91 Å². The number of amides is 1. The zero-order valence-electron chi connectivity index (χ0n) is 15.7. The molecule has 150 valence electrons. The quantitative estimate of drug-likeness (QED) is 0.756. The Kier molecular flexibility index (Phi) is 6.66. The van der Waals surface area contributed by atoms with Crippen molar-refractivity contribution in [3.63, 3.8) is 0 Å². The van der Waals surface area contributed by atoms with Crippen LogP contribution in [0.25, 0.3) is 0 Å². The average Bonchev–Trinajstić information content (AvgIpc) is 2.61. The Morgan fingerprint density at radius 2 is 1.75 bits per heavy atom. The number of nitrogens with zero attached hydrogens (tertiary/aromatic N) is 1. The summed E-state index contributed by atoms with van der Waals surface area (Å²) in [5.41, 5.74) is 0.811. The van der Waals surface area contributed by atoms with Crippen molar-refractivity contribution in [1.29, 1.82) is 0 Å². The highest BCUT2D eigenvalue weighted by Crippen LogP contribution is 2.29. The van der Waals surface area contributed by atoms with E-state index in [9.17, 15) is 22.8 Å². The van der Waals surface area contributed by atoms with Gasteiger partial charge in [0.05, 0.1) is 12.0 Å². The van der Waals surface area contributed by atoms with E-state index in [-0.39, 0.29) is 12.0 Å². The van der Waals surface area contributed by atoms with Gasteiger partial charge in [-0.15, -0.1) is 0 Å². The number of alkyl halides is 3. The lowest BCUT2D eigenvalue weighted by atomic mass is 10.1. The largest absolute Gasteiger partial charge is 0.452 e. The molecule has 0 aliphatic heterocycles. The third-order valence-corrected chi connectivity index (χ3v) is 3.93. The number of carbonyl (C=O) groups excluding carboxylic acids is 2. The highest BCUT2D eigenvalue weighted by molar-refractivity contribution is 5.95. The molecule has 1 amide bonds. The third-order valence-electron chi connectivity index (χ3n) is 3.93. The van der Waals surface area contributed by atoms with Crippen molar-refractivity contribution < 1.29 is 27.5 Å². The number of carbonyl (C=O) groups is 2. The molecular formula is C20H21F3N2O3. The Balaban J connectivity index is 1.92. The standard InChI is InChI=1S/C20H21F3N2O3/c1-13(19(27)24-16-7-9-17(10-8-16)25(2)3)28-18(26)12-14-5-4-6-15(11-14)20(21,22)23/h4-11,13H,12H2,1-3H3,(H,24,27). The summed E-state index contributed by atoms with van der Waals surface area (Å²) in [6.07, 6.45) is -5.94. The first-order valence-corrected chi connectivity index (χ1v) is 8.50. The summed E-state index contributed by atoms with van der Waals surface area (Å²) in [4.78, 5) is 26.0. The van der Waals surface area contributed by atoms with Crippen molar-refractivity contribution in [3.8, 4) is 0 Å². The molecular weight excluding hydrogens is 373 g/mol. The van der Waals surface area contributed by atoms with Crippen LogP contribution < -0.4 is 10.2 Å². The topological polar surface area (TPSA) is 58.6 Å². The van der Waals surface area contributed by atoms with Crippen molar-refractivity contribution in [3.05, 3.63) is 59.7 Å². The molecule has 0 bridgehead atoms.